The van der Waals surface area contributed by atoms with Gasteiger partial charge < -0.3 is 20.5 Å². The number of methoxy groups -OCH3 is 1. The number of ether oxygens (including phenoxy) is 1. The minimum atomic E-state index is -0.821. The first-order valence-electron chi connectivity index (χ1n) is 6.43. The lowest BCUT2D eigenvalue weighted by atomic mass is 10.0. The summed E-state index contributed by atoms with van der Waals surface area (Å²) in [7, 11) is 1.55. The molecule has 1 aromatic rings. The largest absolute Gasteiger partial charge is 0.495 e. The Hall–Kier alpha value is -1.75. The lowest BCUT2D eigenvalue weighted by molar-refractivity contribution is 0.0398. The van der Waals surface area contributed by atoms with Gasteiger partial charge in [-0.05, 0) is 37.8 Å². The quantitative estimate of drug-likeness (QED) is 0.761. The summed E-state index contributed by atoms with van der Waals surface area (Å²) >= 11 is 0. The highest BCUT2D eigenvalue weighted by Crippen LogP contribution is 2.39. The summed E-state index contributed by atoms with van der Waals surface area (Å²) < 4.78 is 5.15. The fourth-order valence-electron chi connectivity index (χ4n) is 2.02. The van der Waals surface area contributed by atoms with Crippen LogP contribution in [0.1, 0.15) is 19.8 Å². The van der Waals surface area contributed by atoms with E-state index in [-0.39, 0.29) is 12.6 Å². The van der Waals surface area contributed by atoms with E-state index in [1.54, 1.807) is 26.2 Å². The molecule has 1 saturated carbocycles. The molecular weight excluding hydrogens is 244 g/mol. The van der Waals surface area contributed by atoms with Crippen LogP contribution in [0.25, 0.3) is 0 Å². The van der Waals surface area contributed by atoms with Gasteiger partial charge in [-0.3, -0.25) is 0 Å². The van der Waals surface area contributed by atoms with Crippen molar-refractivity contribution in [2.24, 2.45) is 5.92 Å². The van der Waals surface area contributed by atoms with Gasteiger partial charge in [0.05, 0.1) is 18.4 Å². The molecule has 0 aliphatic heterocycles. The van der Waals surface area contributed by atoms with Crippen molar-refractivity contribution in [2.45, 2.75) is 25.4 Å². The number of rotatable bonds is 5. The molecule has 5 nitrogen and oxygen atoms in total. The van der Waals surface area contributed by atoms with Gasteiger partial charge in [-0.1, -0.05) is 12.1 Å². The molecule has 0 saturated heterocycles. The van der Waals surface area contributed by atoms with Crippen LogP contribution in [0.2, 0.25) is 0 Å². The van der Waals surface area contributed by atoms with Crippen LogP contribution in [0.5, 0.6) is 5.75 Å². The third-order valence-corrected chi connectivity index (χ3v) is 3.42. The molecule has 3 N–H and O–H groups in total. The number of carbonyl (C=O) groups excluding carboxylic acids is 1. The van der Waals surface area contributed by atoms with E-state index in [1.807, 2.05) is 12.1 Å². The molecule has 1 fully saturated rings. The molecule has 0 spiro atoms. The number of amides is 2. The first-order chi connectivity index (χ1) is 9.03. The van der Waals surface area contributed by atoms with Gasteiger partial charge in [-0.2, -0.15) is 0 Å². The van der Waals surface area contributed by atoms with Crippen LogP contribution in [0.15, 0.2) is 24.3 Å². The van der Waals surface area contributed by atoms with E-state index in [1.165, 1.54) is 0 Å². The van der Waals surface area contributed by atoms with Crippen LogP contribution in [0, 0.1) is 5.92 Å². The average molecular weight is 264 g/mol. The van der Waals surface area contributed by atoms with Crippen LogP contribution < -0.4 is 15.4 Å². The molecule has 5 heteroatoms. The highest BCUT2D eigenvalue weighted by atomic mass is 16.5. The Balaban J connectivity index is 1.87. The lowest BCUT2D eigenvalue weighted by Gasteiger charge is -2.23. The number of carbonyl (C=O) groups is 1. The van der Waals surface area contributed by atoms with Crippen LogP contribution >= 0.6 is 0 Å². The Morgan fingerprint density at radius 2 is 2.16 bits per heavy atom. The number of urea groups is 1. The van der Waals surface area contributed by atoms with Crippen LogP contribution in [0.3, 0.4) is 0 Å². The van der Waals surface area contributed by atoms with Gasteiger partial charge >= 0.3 is 6.03 Å². The molecule has 1 aliphatic rings. The summed E-state index contributed by atoms with van der Waals surface area (Å²) in [5.41, 5.74) is -0.216. The van der Waals surface area contributed by atoms with Gasteiger partial charge in [0.2, 0.25) is 0 Å². The van der Waals surface area contributed by atoms with E-state index in [0.29, 0.717) is 17.4 Å². The minimum Gasteiger partial charge on any atom is -0.495 e. The maximum absolute atomic E-state index is 11.8. The number of anilines is 1. The first kappa shape index (κ1) is 13.7. The number of para-hydroxylation sites is 2. The zero-order valence-electron chi connectivity index (χ0n) is 11.3. The van der Waals surface area contributed by atoms with E-state index in [0.717, 1.165) is 12.8 Å². The zero-order valence-corrected chi connectivity index (χ0v) is 11.3. The van der Waals surface area contributed by atoms with E-state index in [2.05, 4.69) is 10.6 Å². The molecule has 1 atom stereocenters. The fourth-order valence-corrected chi connectivity index (χ4v) is 2.02. The third kappa shape index (κ3) is 3.61. The molecule has 1 aliphatic carbocycles. The Kier molecular flexibility index (Phi) is 3.95. The van der Waals surface area contributed by atoms with Crippen molar-refractivity contribution in [3.8, 4) is 5.75 Å². The standard InChI is InChI=1S/C14H20N2O3/c1-14(18,10-7-8-10)9-15-13(17)16-11-5-3-4-6-12(11)19-2/h3-6,10,18H,7-9H2,1-2H3,(H2,15,16,17). The van der Waals surface area contributed by atoms with Crippen molar-refractivity contribution in [1.82, 2.24) is 5.32 Å². The van der Waals surface area contributed by atoms with Gasteiger partial charge in [-0.25, -0.2) is 4.79 Å². The van der Waals surface area contributed by atoms with Gasteiger partial charge in [0.25, 0.3) is 0 Å². The minimum absolute atomic E-state index is 0.249. The first-order valence-corrected chi connectivity index (χ1v) is 6.43. The molecule has 2 amide bonds. The van der Waals surface area contributed by atoms with Crippen molar-refractivity contribution in [2.75, 3.05) is 19.0 Å². The fraction of sp³-hybridized carbons (Fsp3) is 0.500. The van der Waals surface area contributed by atoms with E-state index in [4.69, 9.17) is 4.74 Å². The second-order valence-electron chi connectivity index (χ2n) is 5.14. The van der Waals surface area contributed by atoms with Gasteiger partial charge in [0.15, 0.2) is 0 Å². The molecule has 0 heterocycles. The normalized spacial score (nSPS) is 17.4. The van der Waals surface area contributed by atoms with Gasteiger partial charge in [-0.15, -0.1) is 0 Å². The van der Waals surface area contributed by atoms with E-state index in [9.17, 15) is 9.90 Å². The summed E-state index contributed by atoms with van der Waals surface area (Å²) in [5.74, 6) is 0.908. The van der Waals surface area contributed by atoms with Gasteiger partial charge in [0, 0.05) is 6.54 Å². The Labute approximate surface area is 113 Å². The van der Waals surface area contributed by atoms with E-state index >= 15 is 0 Å². The highest BCUT2D eigenvalue weighted by Gasteiger charge is 2.39. The van der Waals surface area contributed by atoms with Crippen molar-refractivity contribution < 1.29 is 14.6 Å². The maximum atomic E-state index is 11.8. The monoisotopic (exact) mass is 264 g/mol. The molecule has 1 unspecified atom stereocenters. The summed E-state index contributed by atoms with van der Waals surface area (Å²) in [6, 6.07) is 6.84. The topological polar surface area (TPSA) is 70.6 Å². The predicted molar refractivity (Wildman–Crippen MR) is 73.4 cm³/mol. The Bertz CT molecular complexity index is 456. The number of aliphatic hydroxyl groups is 1. The summed E-state index contributed by atoms with van der Waals surface area (Å²) in [6.07, 6.45) is 2.06. The Morgan fingerprint density at radius 1 is 1.47 bits per heavy atom. The van der Waals surface area contributed by atoms with Crippen LogP contribution in [-0.4, -0.2) is 30.4 Å². The number of hydrogen-bond acceptors (Lipinski definition) is 3. The zero-order chi connectivity index (χ0) is 13.9. The molecule has 0 radical (unpaired) electrons. The van der Waals surface area contributed by atoms with Crippen molar-refractivity contribution in [3.63, 3.8) is 0 Å². The molecule has 0 aromatic heterocycles. The Morgan fingerprint density at radius 3 is 2.79 bits per heavy atom. The number of hydrogen-bond donors (Lipinski definition) is 3. The average Bonchev–Trinajstić information content (AvgIpc) is 3.22. The molecule has 2 rings (SSSR count). The second-order valence-corrected chi connectivity index (χ2v) is 5.14. The summed E-state index contributed by atoms with van der Waals surface area (Å²) in [5, 5.41) is 15.5. The highest BCUT2D eigenvalue weighted by molar-refractivity contribution is 5.90. The van der Waals surface area contributed by atoms with Crippen molar-refractivity contribution >= 4 is 11.7 Å². The van der Waals surface area contributed by atoms with Gasteiger partial charge in [0.1, 0.15) is 5.75 Å². The van der Waals surface area contributed by atoms with Crippen molar-refractivity contribution in [3.05, 3.63) is 24.3 Å². The SMILES string of the molecule is COc1ccccc1NC(=O)NCC(C)(O)C1CC1. The lowest BCUT2D eigenvalue weighted by Crippen LogP contribution is -2.43. The summed E-state index contributed by atoms with van der Waals surface area (Å²) in [6.45, 7) is 2.01. The number of benzene rings is 1. The molecule has 104 valence electrons. The number of nitrogens with one attached hydrogen (secondary N) is 2. The molecular formula is C14H20N2O3. The molecule has 19 heavy (non-hydrogen) atoms. The second kappa shape index (κ2) is 5.48. The summed E-state index contributed by atoms with van der Waals surface area (Å²) in [4.78, 5) is 11.8. The molecule has 1 aromatic carbocycles. The van der Waals surface area contributed by atoms with E-state index < -0.39 is 5.60 Å². The molecule has 0 bridgehead atoms. The third-order valence-electron chi connectivity index (χ3n) is 3.42. The van der Waals surface area contributed by atoms with Crippen molar-refractivity contribution in [1.29, 1.82) is 0 Å². The smallest absolute Gasteiger partial charge is 0.319 e. The van der Waals surface area contributed by atoms with Crippen LogP contribution in [0.4, 0.5) is 10.5 Å². The van der Waals surface area contributed by atoms with Crippen LogP contribution in [-0.2, 0) is 0 Å². The maximum Gasteiger partial charge on any atom is 0.319 e. The predicted octanol–water partition coefficient (Wildman–Crippen LogP) is 1.98.